The molecule has 1 aromatic carbocycles. The van der Waals surface area contributed by atoms with E-state index in [1.165, 1.54) is 7.11 Å². The minimum atomic E-state index is -0.758. The van der Waals surface area contributed by atoms with E-state index in [2.05, 4.69) is 15.6 Å². The monoisotopic (exact) mass is 289 g/mol. The molecule has 0 saturated carbocycles. The first kappa shape index (κ1) is 16.0. The number of benzene rings is 1. The van der Waals surface area contributed by atoms with Gasteiger partial charge in [0.15, 0.2) is 5.57 Å². The first-order valence-electron chi connectivity index (χ1n) is 6.09. The van der Waals surface area contributed by atoms with Crippen molar-refractivity contribution in [3.63, 3.8) is 0 Å². The summed E-state index contributed by atoms with van der Waals surface area (Å²) >= 11 is 0. The molecule has 0 radical (unpaired) electrons. The van der Waals surface area contributed by atoms with E-state index in [1.807, 2.05) is 0 Å². The predicted molar refractivity (Wildman–Crippen MR) is 73.9 cm³/mol. The molecule has 0 aliphatic rings. The maximum absolute atomic E-state index is 11.8. The number of ether oxygens (including phenoxy) is 2. The second-order valence-corrected chi connectivity index (χ2v) is 3.72. The number of carbonyl (C=O) groups is 2. The van der Waals surface area contributed by atoms with Crippen molar-refractivity contribution in [1.82, 2.24) is 10.9 Å². The van der Waals surface area contributed by atoms with Gasteiger partial charge in [-0.25, -0.2) is 4.79 Å². The Bertz CT molecular complexity index is 573. The summed E-state index contributed by atoms with van der Waals surface area (Å²) in [5.41, 5.74) is 4.87. The van der Waals surface area contributed by atoms with Gasteiger partial charge in [-0.3, -0.25) is 10.2 Å². The van der Waals surface area contributed by atoms with Crippen LogP contribution in [0.15, 0.2) is 36.0 Å². The van der Waals surface area contributed by atoms with Crippen molar-refractivity contribution in [3.8, 4) is 11.8 Å². The molecule has 0 unspecified atom stereocenters. The molecule has 1 aromatic rings. The normalized spacial score (nSPS) is 10.2. The molecule has 0 fully saturated rings. The molecule has 0 bridgehead atoms. The number of nitriles is 1. The van der Waals surface area contributed by atoms with Gasteiger partial charge in [-0.1, -0.05) is 0 Å². The van der Waals surface area contributed by atoms with Crippen LogP contribution in [0.2, 0.25) is 0 Å². The average molecular weight is 289 g/mol. The number of nitrogens with zero attached hydrogens (tertiary/aromatic N) is 1. The highest BCUT2D eigenvalue weighted by Gasteiger charge is 2.09. The van der Waals surface area contributed by atoms with Crippen molar-refractivity contribution in [2.45, 2.75) is 6.92 Å². The summed E-state index contributed by atoms with van der Waals surface area (Å²) in [5, 5.41) is 8.78. The van der Waals surface area contributed by atoms with Crippen LogP contribution in [0.4, 0.5) is 0 Å². The van der Waals surface area contributed by atoms with E-state index in [0.717, 1.165) is 6.20 Å². The first-order valence-corrected chi connectivity index (χ1v) is 6.09. The van der Waals surface area contributed by atoms with Crippen LogP contribution in [-0.4, -0.2) is 25.6 Å². The maximum Gasteiger partial charge on any atom is 0.350 e. The molecule has 0 heterocycles. The fourth-order valence-electron chi connectivity index (χ4n) is 1.33. The second kappa shape index (κ2) is 8.22. The van der Waals surface area contributed by atoms with Gasteiger partial charge in [0, 0.05) is 11.8 Å². The number of amides is 1. The third-order valence-corrected chi connectivity index (χ3v) is 2.37. The third-order valence-electron chi connectivity index (χ3n) is 2.37. The van der Waals surface area contributed by atoms with Gasteiger partial charge in [0.2, 0.25) is 0 Å². The highest BCUT2D eigenvalue weighted by Crippen LogP contribution is 2.10. The highest BCUT2D eigenvalue weighted by atomic mass is 16.5. The van der Waals surface area contributed by atoms with Crippen LogP contribution in [0, 0.1) is 11.3 Å². The zero-order valence-electron chi connectivity index (χ0n) is 11.7. The lowest BCUT2D eigenvalue weighted by Gasteiger charge is -2.06. The number of nitrogens with one attached hydrogen (secondary N) is 2. The van der Waals surface area contributed by atoms with Crippen LogP contribution in [0.25, 0.3) is 0 Å². The number of methoxy groups -OCH3 is 1. The maximum atomic E-state index is 11.8. The molecular weight excluding hydrogens is 274 g/mol. The van der Waals surface area contributed by atoms with Crippen molar-refractivity contribution in [2.24, 2.45) is 0 Å². The van der Waals surface area contributed by atoms with Gasteiger partial charge in [0.25, 0.3) is 5.91 Å². The van der Waals surface area contributed by atoms with E-state index >= 15 is 0 Å². The Morgan fingerprint density at radius 3 is 2.52 bits per heavy atom. The molecule has 0 aromatic heterocycles. The van der Waals surface area contributed by atoms with Crippen LogP contribution in [0.5, 0.6) is 5.75 Å². The predicted octanol–water partition coefficient (Wildman–Crippen LogP) is 0.900. The summed E-state index contributed by atoms with van der Waals surface area (Å²) in [6.07, 6.45) is 1.07. The number of rotatable bonds is 6. The molecule has 1 rings (SSSR count). The molecule has 0 saturated heterocycles. The van der Waals surface area contributed by atoms with Crippen molar-refractivity contribution < 1.29 is 19.1 Å². The van der Waals surface area contributed by atoms with Gasteiger partial charge in [-0.15, -0.1) is 0 Å². The van der Waals surface area contributed by atoms with E-state index in [-0.39, 0.29) is 12.2 Å². The topological polar surface area (TPSA) is 100 Å². The summed E-state index contributed by atoms with van der Waals surface area (Å²) in [4.78, 5) is 23.1. The average Bonchev–Trinajstić information content (AvgIpc) is 2.51. The number of esters is 1. The highest BCUT2D eigenvalue weighted by molar-refractivity contribution is 5.94. The quantitative estimate of drug-likeness (QED) is 0.349. The summed E-state index contributed by atoms with van der Waals surface area (Å²) in [5.74, 6) is -0.547. The number of carbonyl (C=O) groups excluding carboxylic acids is 2. The van der Waals surface area contributed by atoms with E-state index in [0.29, 0.717) is 11.3 Å². The van der Waals surface area contributed by atoms with E-state index in [1.54, 1.807) is 37.3 Å². The van der Waals surface area contributed by atoms with E-state index < -0.39 is 11.9 Å². The van der Waals surface area contributed by atoms with Crippen molar-refractivity contribution in [2.75, 3.05) is 13.7 Å². The van der Waals surface area contributed by atoms with E-state index in [9.17, 15) is 9.59 Å². The summed E-state index contributed by atoms with van der Waals surface area (Å²) < 4.78 is 9.65. The second-order valence-electron chi connectivity index (χ2n) is 3.72. The van der Waals surface area contributed by atoms with Crippen LogP contribution >= 0.6 is 0 Å². The molecule has 21 heavy (non-hydrogen) atoms. The van der Waals surface area contributed by atoms with Crippen molar-refractivity contribution >= 4 is 11.9 Å². The Kier molecular flexibility index (Phi) is 6.28. The molecule has 1 amide bonds. The van der Waals surface area contributed by atoms with Gasteiger partial charge < -0.3 is 14.9 Å². The van der Waals surface area contributed by atoms with Gasteiger partial charge >= 0.3 is 5.97 Å². The molecule has 7 nitrogen and oxygen atoms in total. The minimum absolute atomic E-state index is 0.163. The first-order chi connectivity index (χ1) is 10.1. The molecule has 7 heteroatoms. The van der Waals surface area contributed by atoms with Gasteiger partial charge in [0.05, 0.1) is 13.7 Å². The van der Waals surface area contributed by atoms with Crippen LogP contribution in [0.3, 0.4) is 0 Å². The minimum Gasteiger partial charge on any atom is -0.497 e. The SMILES string of the molecule is CCOC(=O)C(C#N)=CNNC(=O)c1ccc(OC)cc1. The summed E-state index contributed by atoms with van der Waals surface area (Å²) in [6.45, 7) is 1.79. The standard InChI is InChI=1S/C14H15N3O4/c1-3-21-14(19)11(8-15)9-16-17-13(18)10-4-6-12(20-2)7-5-10/h4-7,9,16H,3H2,1-2H3,(H,17,18). The molecule has 2 N–H and O–H groups in total. The fourth-order valence-corrected chi connectivity index (χ4v) is 1.33. The molecule has 0 spiro atoms. The Balaban J connectivity index is 2.59. The number of hydrogen-bond acceptors (Lipinski definition) is 6. The van der Waals surface area contributed by atoms with Crippen molar-refractivity contribution in [1.29, 1.82) is 5.26 Å². The van der Waals surface area contributed by atoms with Gasteiger partial charge in [-0.05, 0) is 31.2 Å². The molecule has 0 atom stereocenters. The zero-order valence-corrected chi connectivity index (χ0v) is 11.7. The lowest BCUT2D eigenvalue weighted by Crippen LogP contribution is -2.34. The Morgan fingerprint density at radius 2 is 2.00 bits per heavy atom. The molecule has 110 valence electrons. The summed E-state index contributed by atoms with van der Waals surface area (Å²) in [6, 6.07) is 8.12. The zero-order chi connectivity index (χ0) is 15.7. The Hall–Kier alpha value is -3.01. The molecular formula is C14H15N3O4. The summed E-state index contributed by atoms with van der Waals surface area (Å²) in [7, 11) is 1.53. The lowest BCUT2D eigenvalue weighted by atomic mass is 10.2. The van der Waals surface area contributed by atoms with Crippen LogP contribution < -0.4 is 15.6 Å². The van der Waals surface area contributed by atoms with Crippen LogP contribution in [-0.2, 0) is 9.53 Å². The lowest BCUT2D eigenvalue weighted by molar-refractivity contribution is -0.138. The third kappa shape index (κ3) is 4.87. The smallest absolute Gasteiger partial charge is 0.350 e. The number of hydrazine groups is 1. The fraction of sp³-hybridized carbons (Fsp3) is 0.214. The number of hydrogen-bond donors (Lipinski definition) is 2. The largest absolute Gasteiger partial charge is 0.497 e. The Morgan fingerprint density at radius 1 is 1.33 bits per heavy atom. The van der Waals surface area contributed by atoms with Gasteiger partial charge in [-0.2, -0.15) is 5.26 Å². The van der Waals surface area contributed by atoms with Crippen LogP contribution in [0.1, 0.15) is 17.3 Å². The van der Waals surface area contributed by atoms with Gasteiger partial charge in [0.1, 0.15) is 11.8 Å². The molecule has 0 aliphatic heterocycles. The Labute approximate surface area is 122 Å². The molecule has 0 aliphatic carbocycles. The van der Waals surface area contributed by atoms with Crippen molar-refractivity contribution in [3.05, 3.63) is 41.6 Å². The van der Waals surface area contributed by atoms with E-state index in [4.69, 9.17) is 10.00 Å².